The van der Waals surface area contributed by atoms with Crippen LogP contribution in [-0.4, -0.2) is 43.8 Å². The zero-order valence-electron chi connectivity index (χ0n) is 21.3. The fourth-order valence-corrected chi connectivity index (χ4v) is 6.35. The number of aryl methyl sites for hydroxylation is 1. The molecule has 2 aromatic heterocycles. The number of ether oxygens (including phenoxy) is 1. The van der Waals surface area contributed by atoms with Crippen molar-refractivity contribution in [3.8, 4) is 5.75 Å². The number of aldehydes is 1. The highest BCUT2D eigenvalue weighted by Gasteiger charge is 2.37. The first kappa shape index (κ1) is 26.3. The van der Waals surface area contributed by atoms with Gasteiger partial charge in [-0.3, -0.25) is 14.6 Å². The number of hydrogen-bond acceptors (Lipinski definition) is 6. The Hall–Kier alpha value is -4.32. The number of carbonyl (C=O) groups is 2. The van der Waals surface area contributed by atoms with Crippen molar-refractivity contribution in [2.75, 3.05) is 24.0 Å². The minimum absolute atomic E-state index is 0.0485. The third-order valence-electron chi connectivity index (χ3n) is 6.67. The minimum Gasteiger partial charge on any atom is -0.494 e. The van der Waals surface area contributed by atoms with E-state index in [2.05, 4.69) is 4.98 Å². The number of halogens is 2. The maximum atomic E-state index is 15.5. The second kappa shape index (κ2) is 9.77. The standard InChI is InChI=1S/C27H24F2N4O5S/c1-4-8-16-11-21(38-3)23(29)25(22(16)28)32-14-17-13-30-26-20(24(17)31(2)27(32)35)12-18(15-34)33(26)39(36,37)19-9-6-5-7-10-19/h5-7,9-13,15H,4,8,14H2,1-3H3. The molecule has 4 aromatic rings. The Balaban J connectivity index is 1.69. The first-order valence-electron chi connectivity index (χ1n) is 12.0. The lowest BCUT2D eigenvalue weighted by Crippen LogP contribution is -2.46. The Morgan fingerprint density at radius 1 is 1.10 bits per heavy atom. The van der Waals surface area contributed by atoms with Crippen LogP contribution in [0.25, 0.3) is 11.0 Å². The van der Waals surface area contributed by atoms with Crippen LogP contribution >= 0.6 is 0 Å². The zero-order chi connectivity index (χ0) is 28.1. The van der Waals surface area contributed by atoms with Crippen molar-refractivity contribution in [3.05, 3.63) is 77.1 Å². The van der Waals surface area contributed by atoms with Crippen LogP contribution in [0.1, 0.15) is 35.0 Å². The molecule has 1 aliphatic rings. The largest absolute Gasteiger partial charge is 0.494 e. The van der Waals surface area contributed by atoms with Crippen molar-refractivity contribution in [1.82, 2.24) is 8.96 Å². The van der Waals surface area contributed by atoms with Gasteiger partial charge in [0.05, 0.1) is 29.9 Å². The molecule has 5 rings (SSSR count). The second-order valence-corrected chi connectivity index (χ2v) is 10.8. The molecule has 0 unspecified atom stereocenters. The number of benzene rings is 2. The molecule has 202 valence electrons. The lowest BCUT2D eigenvalue weighted by molar-refractivity contribution is 0.111. The normalized spacial score (nSPS) is 13.6. The summed E-state index contributed by atoms with van der Waals surface area (Å²) in [6.07, 6.45) is 2.62. The Bertz CT molecular complexity index is 1740. The summed E-state index contributed by atoms with van der Waals surface area (Å²) in [7, 11) is -1.55. The number of urea groups is 1. The van der Waals surface area contributed by atoms with E-state index in [1.54, 1.807) is 18.2 Å². The van der Waals surface area contributed by atoms with Crippen molar-refractivity contribution in [2.45, 2.75) is 31.2 Å². The van der Waals surface area contributed by atoms with Crippen molar-refractivity contribution in [2.24, 2.45) is 0 Å². The molecule has 1 aliphatic heterocycles. The van der Waals surface area contributed by atoms with E-state index in [0.29, 0.717) is 24.7 Å². The van der Waals surface area contributed by atoms with Gasteiger partial charge in [-0.25, -0.2) is 30.9 Å². The first-order chi connectivity index (χ1) is 18.6. The highest BCUT2D eigenvalue weighted by Crippen LogP contribution is 2.41. The highest BCUT2D eigenvalue weighted by atomic mass is 32.2. The van der Waals surface area contributed by atoms with E-state index in [1.165, 1.54) is 44.6 Å². The fourth-order valence-electron chi connectivity index (χ4n) is 4.89. The van der Waals surface area contributed by atoms with E-state index in [-0.39, 0.29) is 45.2 Å². The lowest BCUT2D eigenvalue weighted by atomic mass is 10.0. The van der Waals surface area contributed by atoms with Gasteiger partial charge in [-0.05, 0) is 36.2 Å². The van der Waals surface area contributed by atoms with E-state index in [1.807, 2.05) is 6.92 Å². The molecule has 0 radical (unpaired) electrons. The zero-order valence-corrected chi connectivity index (χ0v) is 22.1. The number of fused-ring (bicyclic) bond motifs is 3. The van der Waals surface area contributed by atoms with Crippen LogP contribution in [-0.2, 0) is 23.0 Å². The van der Waals surface area contributed by atoms with Gasteiger partial charge >= 0.3 is 6.03 Å². The van der Waals surface area contributed by atoms with Gasteiger partial charge in [-0.1, -0.05) is 31.5 Å². The summed E-state index contributed by atoms with van der Waals surface area (Å²) < 4.78 is 63.7. The molecular formula is C27H24F2N4O5S. The molecule has 0 bridgehead atoms. The van der Waals surface area contributed by atoms with Gasteiger partial charge in [-0.15, -0.1) is 0 Å². The molecule has 0 fully saturated rings. The number of anilines is 2. The highest BCUT2D eigenvalue weighted by molar-refractivity contribution is 7.90. The molecule has 0 spiro atoms. The van der Waals surface area contributed by atoms with Crippen molar-refractivity contribution >= 4 is 44.7 Å². The second-order valence-electron chi connectivity index (χ2n) is 9.03. The van der Waals surface area contributed by atoms with Gasteiger partial charge < -0.3 is 4.74 Å². The SMILES string of the molecule is CCCc1cc(OC)c(F)c(N2Cc3cnc4c(cc(C=O)n4S(=O)(=O)c4ccccc4)c3N(C)C2=O)c1F. The number of rotatable bonds is 7. The van der Waals surface area contributed by atoms with Crippen molar-refractivity contribution < 1.29 is 31.5 Å². The molecule has 0 aliphatic carbocycles. The maximum absolute atomic E-state index is 15.5. The Labute approximate surface area is 223 Å². The van der Waals surface area contributed by atoms with Crippen LogP contribution in [0.5, 0.6) is 5.75 Å². The topological polar surface area (TPSA) is 102 Å². The molecule has 39 heavy (non-hydrogen) atoms. The summed E-state index contributed by atoms with van der Waals surface area (Å²) in [5.41, 5.74) is 0.0975. The summed E-state index contributed by atoms with van der Waals surface area (Å²) in [5, 5.41) is 0.225. The van der Waals surface area contributed by atoms with Crippen LogP contribution in [0.3, 0.4) is 0 Å². The van der Waals surface area contributed by atoms with E-state index in [9.17, 15) is 18.0 Å². The summed E-state index contributed by atoms with van der Waals surface area (Å²) in [5.74, 6) is -2.07. The summed E-state index contributed by atoms with van der Waals surface area (Å²) in [4.78, 5) is 31.9. The van der Waals surface area contributed by atoms with E-state index < -0.39 is 33.4 Å². The monoisotopic (exact) mass is 554 g/mol. The average Bonchev–Trinajstić information content (AvgIpc) is 3.33. The third kappa shape index (κ3) is 4.02. The molecule has 3 heterocycles. The summed E-state index contributed by atoms with van der Waals surface area (Å²) in [6, 6.07) is 9.42. The number of aromatic nitrogens is 2. The Kier molecular flexibility index (Phi) is 6.59. The molecule has 12 heteroatoms. The predicted octanol–water partition coefficient (Wildman–Crippen LogP) is 4.90. The molecular weight excluding hydrogens is 530 g/mol. The number of carbonyl (C=O) groups excluding carboxylic acids is 2. The third-order valence-corrected chi connectivity index (χ3v) is 8.41. The van der Waals surface area contributed by atoms with Crippen molar-refractivity contribution in [1.29, 1.82) is 0 Å². The van der Waals surface area contributed by atoms with E-state index in [0.717, 1.165) is 13.8 Å². The summed E-state index contributed by atoms with van der Waals surface area (Å²) >= 11 is 0. The predicted molar refractivity (Wildman–Crippen MR) is 141 cm³/mol. The van der Waals surface area contributed by atoms with E-state index in [4.69, 9.17) is 4.74 Å². The number of amides is 2. The quantitative estimate of drug-likeness (QED) is 0.301. The van der Waals surface area contributed by atoms with Crippen LogP contribution in [0.4, 0.5) is 25.0 Å². The smallest absolute Gasteiger partial charge is 0.329 e. The van der Waals surface area contributed by atoms with Crippen LogP contribution in [0.2, 0.25) is 0 Å². The van der Waals surface area contributed by atoms with Gasteiger partial charge in [0, 0.05) is 24.2 Å². The number of nitrogens with zero attached hydrogens (tertiary/aromatic N) is 4. The fraction of sp³-hybridized carbons (Fsp3) is 0.222. The minimum atomic E-state index is -4.21. The average molecular weight is 555 g/mol. The lowest BCUT2D eigenvalue weighted by Gasteiger charge is -2.35. The Morgan fingerprint density at radius 3 is 2.46 bits per heavy atom. The van der Waals surface area contributed by atoms with Crippen LogP contribution in [0, 0.1) is 11.6 Å². The van der Waals surface area contributed by atoms with Gasteiger partial charge in [0.15, 0.2) is 29.3 Å². The van der Waals surface area contributed by atoms with Crippen LogP contribution in [0.15, 0.2) is 53.6 Å². The Morgan fingerprint density at radius 2 is 1.82 bits per heavy atom. The molecule has 0 saturated heterocycles. The maximum Gasteiger partial charge on any atom is 0.329 e. The van der Waals surface area contributed by atoms with Gasteiger partial charge in [0.1, 0.15) is 5.69 Å². The molecule has 0 N–H and O–H groups in total. The molecule has 2 aromatic carbocycles. The van der Waals surface area contributed by atoms with E-state index >= 15 is 8.78 Å². The summed E-state index contributed by atoms with van der Waals surface area (Å²) in [6.45, 7) is 1.60. The van der Waals surface area contributed by atoms with Crippen molar-refractivity contribution in [3.63, 3.8) is 0 Å². The molecule has 0 atom stereocenters. The first-order valence-corrected chi connectivity index (χ1v) is 13.5. The molecule has 2 amide bonds. The number of methoxy groups -OCH3 is 1. The number of pyridine rings is 1. The van der Waals surface area contributed by atoms with Gasteiger partial charge in [0.2, 0.25) is 0 Å². The van der Waals surface area contributed by atoms with Gasteiger partial charge in [0.25, 0.3) is 10.0 Å². The van der Waals surface area contributed by atoms with Crippen LogP contribution < -0.4 is 14.5 Å². The number of hydrogen-bond donors (Lipinski definition) is 0. The molecule has 0 saturated carbocycles. The van der Waals surface area contributed by atoms with Gasteiger partial charge in [-0.2, -0.15) is 0 Å². The molecule has 9 nitrogen and oxygen atoms in total.